The highest BCUT2D eigenvalue weighted by Gasteiger charge is 2.49. The summed E-state index contributed by atoms with van der Waals surface area (Å²) in [5.74, 6) is -3.32. The zero-order chi connectivity index (χ0) is 19.2. The van der Waals surface area contributed by atoms with Gasteiger partial charge in [-0.3, -0.25) is 4.79 Å². The van der Waals surface area contributed by atoms with Crippen LogP contribution in [0.5, 0.6) is 0 Å². The summed E-state index contributed by atoms with van der Waals surface area (Å²) in [7, 11) is -7.70. The van der Waals surface area contributed by atoms with Crippen LogP contribution in [0.2, 0.25) is 0 Å². The molecule has 0 bridgehead atoms. The Hall–Kier alpha value is -0.380. The zero-order valence-corrected chi connectivity index (χ0v) is 17.2. The van der Waals surface area contributed by atoms with E-state index >= 15 is 0 Å². The number of hydrogen-bond donors (Lipinski definition) is 1. The van der Waals surface area contributed by atoms with Gasteiger partial charge in [-0.2, -0.15) is 0 Å². The normalized spacial score (nSPS) is 23.6. The van der Waals surface area contributed by atoms with Crippen molar-refractivity contribution in [2.75, 3.05) is 11.5 Å². The predicted molar refractivity (Wildman–Crippen MR) is 97.5 cm³/mol. The van der Waals surface area contributed by atoms with E-state index < -0.39 is 52.9 Å². The van der Waals surface area contributed by atoms with E-state index in [0.29, 0.717) is 5.56 Å². The van der Waals surface area contributed by atoms with Crippen LogP contribution in [-0.4, -0.2) is 44.0 Å². The molecule has 1 aromatic rings. The summed E-state index contributed by atoms with van der Waals surface area (Å²) >= 11 is 16.7. The number of sulfone groups is 1. The van der Waals surface area contributed by atoms with Gasteiger partial charge in [-0.25, -0.2) is 21.6 Å². The molecule has 0 aromatic heterocycles. The molecule has 1 fully saturated rings. The molecule has 1 heterocycles. The lowest BCUT2D eigenvalue weighted by molar-refractivity contribution is -0.121. The number of alkyl halides is 3. The fraction of sp³-hybridized carbons (Fsp3) is 0.500. The van der Waals surface area contributed by atoms with Gasteiger partial charge in [0, 0.05) is 6.04 Å². The SMILES string of the molecule is Cc1ccc(C)c(S(=O)(=O)N[C@@H]2CS(=O)(=O)C[C@H]2C(=O)C(Cl)(Cl)Cl)c1. The number of sulfonamides is 1. The van der Waals surface area contributed by atoms with E-state index in [0.717, 1.165) is 5.56 Å². The van der Waals surface area contributed by atoms with Crippen LogP contribution < -0.4 is 4.72 Å². The number of ketones is 1. The summed E-state index contributed by atoms with van der Waals surface area (Å²) in [6.07, 6.45) is 0. The van der Waals surface area contributed by atoms with Crippen molar-refractivity contribution >= 4 is 60.4 Å². The minimum atomic E-state index is -4.05. The highest BCUT2D eigenvalue weighted by Crippen LogP contribution is 2.35. The Balaban J connectivity index is 2.39. The molecule has 1 saturated heterocycles. The summed E-state index contributed by atoms with van der Waals surface area (Å²) in [5, 5.41) is 0. The molecule has 0 amide bonds. The van der Waals surface area contributed by atoms with Crippen molar-refractivity contribution in [1.29, 1.82) is 0 Å². The molecule has 6 nitrogen and oxygen atoms in total. The van der Waals surface area contributed by atoms with E-state index in [2.05, 4.69) is 4.72 Å². The van der Waals surface area contributed by atoms with Crippen LogP contribution in [0.15, 0.2) is 23.1 Å². The van der Waals surface area contributed by atoms with Crippen molar-refractivity contribution in [3.63, 3.8) is 0 Å². The molecule has 1 aliphatic heterocycles. The van der Waals surface area contributed by atoms with Crippen molar-refractivity contribution in [2.45, 2.75) is 28.6 Å². The van der Waals surface area contributed by atoms with Crippen LogP contribution in [0.3, 0.4) is 0 Å². The number of carbonyl (C=O) groups excluding carboxylic acids is 1. The second kappa shape index (κ2) is 6.98. The van der Waals surface area contributed by atoms with Crippen LogP contribution in [0.25, 0.3) is 0 Å². The van der Waals surface area contributed by atoms with E-state index in [1.54, 1.807) is 26.0 Å². The van der Waals surface area contributed by atoms with Crippen molar-refractivity contribution in [1.82, 2.24) is 4.72 Å². The topological polar surface area (TPSA) is 97.4 Å². The van der Waals surface area contributed by atoms with Crippen LogP contribution in [0.1, 0.15) is 11.1 Å². The van der Waals surface area contributed by atoms with Gasteiger partial charge in [0.05, 0.1) is 22.3 Å². The summed E-state index contributed by atoms with van der Waals surface area (Å²) in [5.41, 5.74) is 1.21. The monoisotopic (exact) mass is 447 g/mol. The molecule has 2 rings (SSSR count). The van der Waals surface area contributed by atoms with Gasteiger partial charge < -0.3 is 0 Å². The third-order valence-corrected chi connectivity index (χ3v) is 7.83. The van der Waals surface area contributed by atoms with Gasteiger partial charge >= 0.3 is 0 Å². The Morgan fingerprint density at radius 2 is 1.80 bits per heavy atom. The van der Waals surface area contributed by atoms with Crippen LogP contribution >= 0.6 is 34.8 Å². The molecule has 1 aromatic carbocycles. The minimum absolute atomic E-state index is 0.0110. The molecule has 0 radical (unpaired) electrons. The number of halogens is 3. The molecular formula is C14H16Cl3NO5S2. The van der Waals surface area contributed by atoms with Crippen LogP contribution in [-0.2, 0) is 24.7 Å². The first-order valence-electron chi connectivity index (χ1n) is 7.14. The Bertz CT molecular complexity index is 907. The Labute approximate surface area is 161 Å². The van der Waals surface area contributed by atoms with Crippen LogP contribution in [0, 0.1) is 19.8 Å². The van der Waals surface area contributed by atoms with Gasteiger partial charge in [0.2, 0.25) is 13.8 Å². The third-order valence-electron chi connectivity index (χ3n) is 3.91. The van der Waals surface area contributed by atoms with Crippen molar-refractivity contribution in [2.24, 2.45) is 5.92 Å². The lowest BCUT2D eigenvalue weighted by Crippen LogP contribution is -2.45. The number of benzene rings is 1. The van der Waals surface area contributed by atoms with E-state index in [1.165, 1.54) is 6.07 Å². The molecule has 0 spiro atoms. The second-order valence-electron chi connectivity index (χ2n) is 6.04. The van der Waals surface area contributed by atoms with Crippen LogP contribution in [0.4, 0.5) is 0 Å². The van der Waals surface area contributed by atoms with E-state index in [9.17, 15) is 21.6 Å². The van der Waals surface area contributed by atoms with Gasteiger partial charge in [-0.1, -0.05) is 46.9 Å². The summed E-state index contributed by atoms with van der Waals surface area (Å²) in [6, 6.07) is 3.66. The smallest absolute Gasteiger partial charge is 0.249 e. The fourth-order valence-corrected chi connectivity index (χ4v) is 6.75. The summed E-state index contributed by atoms with van der Waals surface area (Å²) in [4.78, 5) is 12.2. The maximum Gasteiger partial charge on any atom is 0.249 e. The van der Waals surface area contributed by atoms with E-state index in [-0.39, 0.29) is 4.90 Å². The average molecular weight is 449 g/mol. The highest BCUT2D eigenvalue weighted by molar-refractivity contribution is 7.92. The Morgan fingerprint density at radius 1 is 1.20 bits per heavy atom. The lowest BCUT2D eigenvalue weighted by Gasteiger charge is -2.22. The van der Waals surface area contributed by atoms with E-state index in [1.807, 2.05) is 0 Å². The quantitative estimate of drug-likeness (QED) is 0.710. The highest BCUT2D eigenvalue weighted by atomic mass is 35.6. The summed E-state index contributed by atoms with van der Waals surface area (Å²) < 4.78 is 49.1. The minimum Gasteiger partial charge on any atom is -0.294 e. The maximum absolute atomic E-state index is 12.7. The number of aryl methyl sites for hydroxylation is 2. The summed E-state index contributed by atoms with van der Waals surface area (Å²) in [6.45, 7) is 3.34. The fourth-order valence-electron chi connectivity index (χ4n) is 2.69. The Kier molecular flexibility index (Phi) is 5.84. The van der Waals surface area contributed by atoms with Gasteiger partial charge in [-0.15, -0.1) is 0 Å². The van der Waals surface area contributed by atoms with Gasteiger partial charge in [0.15, 0.2) is 15.6 Å². The van der Waals surface area contributed by atoms with Crippen molar-refractivity contribution in [3.05, 3.63) is 29.3 Å². The van der Waals surface area contributed by atoms with Crippen molar-refractivity contribution < 1.29 is 21.6 Å². The molecule has 1 aliphatic rings. The Morgan fingerprint density at radius 3 is 2.36 bits per heavy atom. The number of nitrogens with one attached hydrogen (secondary N) is 1. The largest absolute Gasteiger partial charge is 0.294 e. The first-order chi connectivity index (χ1) is 11.2. The maximum atomic E-state index is 12.7. The van der Waals surface area contributed by atoms with Gasteiger partial charge in [0.1, 0.15) is 0 Å². The zero-order valence-electron chi connectivity index (χ0n) is 13.3. The molecule has 0 aliphatic carbocycles. The van der Waals surface area contributed by atoms with Gasteiger partial charge in [0.25, 0.3) is 0 Å². The number of rotatable bonds is 4. The number of Topliss-reactive ketones (excluding diaryl/α,β-unsaturated/α-hetero) is 1. The first-order valence-corrected chi connectivity index (χ1v) is 11.6. The second-order valence-corrected chi connectivity index (χ2v) is 12.2. The molecular weight excluding hydrogens is 433 g/mol. The molecule has 1 N–H and O–H groups in total. The van der Waals surface area contributed by atoms with E-state index in [4.69, 9.17) is 34.8 Å². The van der Waals surface area contributed by atoms with Crippen molar-refractivity contribution in [3.8, 4) is 0 Å². The average Bonchev–Trinajstić information content (AvgIpc) is 2.73. The standard InChI is InChI=1S/C14H16Cl3NO5S2/c1-8-3-4-9(2)12(5-8)25(22,23)18-11-7-24(20,21)6-10(11)13(19)14(15,16)17/h3-5,10-11,18H,6-7H2,1-2H3/t10-,11-/m1/s1. The third kappa shape index (κ3) is 4.87. The van der Waals surface area contributed by atoms with Gasteiger partial charge in [-0.05, 0) is 31.0 Å². The number of hydrogen-bond acceptors (Lipinski definition) is 5. The lowest BCUT2D eigenvalue weighted by atomic mass is 10.0. The molecule has 25 heavy (non-hydrogen) atoms. The molecule has 140 valence electrons. The first kappa shape index (κ1) is 20.9. The molecule has 2 atom stereocenters. The molecule has 11 heteroatoms. The number of carbonyl (C=O) groups is 1. The molecule has 0 saturated carbocycles. The predicted octanol–water partition coefficient (Wildman–Crippen LogP) is 1.93. The molecule has 0 unspecified atom stereocenters.